The molecule has 0 aromatic carbocycles. The van der Waals surface area contributed by atoms with Crippen LogP contribution in [0.25, 0.3) is 0 Å². The fraction of sp³-hybridized carbons (Fsp3) is 1.00. The Bertz CT molecular complexity index is 572. The summed E-state index contributed by atoms with van der Waals surface area (Å²) < 4.78 is 6.38. The van der Waals surface area contributed by atoms with Crippen LogP contribution in [-0.2, 0) is 14.5 Å². The van der Waals surface area contributed by atoms with Crippen LogP contribution in [0, 0.1) is 34.5 Å². The summed E-state index contributed by atoms with van der Waals surface area (Å²) in [5.74, 6) is 3.27. The van der Waals surface area contributed by atoms with Crippen LogP contribution in [0.3, 0.4) is 0 Å². The van der Waals surface area contributed by atoms with E-state index in [9.17, 15) is 5.11 Å². The van der Waals surface area contributed by atoms with Crippen molar-refractivity contribution in [3.8, 4) is 0 Å². The van der Waals surface area contributed by atoms with Crippen LogP contribution < -0.4 is 0 Å². The van der Waals surface area contributed by atoms with Crippen molar-refractivity contribution in [3.05, 3.63) is 0 Å². The van der Waals surface area contributed by atoms with E-state index in [0.717, 1.165) is 36.5 Å². The molecule has 4 aliphatic rings. The van der Waals surface area contributed by atoms with Crippen molar-refractivity contribution in [2.24, 2.45) is 34.5 Å². The van der Waals surface area contributed by atoms with E-state index in [0.29, 0.717) is 30.1 Å². The number of hydrogen-bond acceptors (Lipinski definition) is 4. The number of fused-ring (bicyclic) bond motifs is 5. The number of rotatable bonds is 5. The van der Waals surface area contributed by atoms with E-state index in [-0.39, 0.29) is 11.7 Å². The van der Waals surface area contributed by atoms with E-state index in [1.807, 2.05) is 20.8 Å². The molecular weight excluding hydrogens is 364 g/mol. The predicted octanol–water partition coefficient (Wildman–Crippen LogP) is 5.52. The third-order valence-electron chi connectivity index (χ3n) is 9.35. The fourth-order valence-electron chi connectivity index (χ4n) is 7.90. The molecule has 4 saturated carbocycles. The van der Waals surface area contributed by atoms with Crippen LogP contribution in [0.1, 0.15) is 92.4 Å². The Hall–Kier alpha value is -0.160. The minimum atomic E-state index is -0.271. The highest BCUT2D eigenvalue weighted by molar-refractivity contribution is 5.09. The third-order valence-corrected chi connectivity index (χ3v) is 9.35. The van der Waals surface area contributed by atoms with Crippen molar-refractivity contribution < 1.29 is 19.6 Å². The summed E-state index contributed by atoms with van der Waals surface area (Å²) in [5.41, 5.74) is 0.511. The Morgan fingerprint density at radius 1 is 0.862 bits per heavy atom. The minimum absolute atomic E-state index is 0.0489. The summed E-state index contributed by atoms with van der Waals surface area (Å²) in [6.45, 7) is 12.2. The van der Waals surface area contributed by atoms with Gasteiger partial charge in [-0.2, -0.15) is 0 Å². The Balaban J connectivity index is 1.36. The molecule has 4 nitrogen and oxygen atoms in total. The van der Waals surface area contributed by atoms with Crippen molar-refractivity contribution in [2.75, 3.05) is 13.2 Å². The molecule has 0 spiro atoms. The molecule has 4 fully saturated rings. The van der Waals surface area contributed by atoms with Gasteiger partial charge in [-0.25, -0.2) is 9.78 Å². The van der Waals surface area contributed by atoms with Gasteiger partial charge in [-0.05, 0) is 113 Å². The van der Waals surface area contributed by atoms with Gasteiger partial charge < -0.3 is 9.84 Å². The van der Waals surface area contributed by atoms with Gasteiger partial charge in [-0.15, -0.1) is 0 Å². The SMILES string of the molecule is CC(C)(C)OOCCO[C@@H]1CC[C@H]2[C@@H]3CC[C@H]4C[C@@H](O)CC[C@]4(C)[C@H]3CC[C@]12C. The molecule has 0 amide bonds. The van der Waals surface area contributed by atoms with Crippen molar-refractivity contribution in [1.82, 2.24) is 0 Å². The number of aliphatic hydroxyl groups is 1. The van der Waals surface area contributed by atoms with Gasteiger partial charge in [0.25, 0.3) is 0 Å². The highest BCUT2D eigenvalue weighted by Crippen LogP contribution is 2.66. The monoisotopic (exact) mass is 408 g/mol. The maximum absolute atomic E-state index is 10.2. The average Bonchev–Trinajstić information content (AvgIpc) is 2.98. The Kier molecular flexibility index (Phi) is 6.14. The van der Waals surface area contributed by atoms with Crippen molar-refractivity contribution in [2.45, 2.75) is 110 Å². The summed E-state index contributed by atoms with van der Waals surface area (Å²) in [6.07, 6.45) is 11.5. The topological polar surface area (TPSA) is 47.9 Å². The zero-order chi connectivity index (χ0) is 20.9. The Labute approximate surface area is 178 Å². The average molecular weight is 409 g/mol. The molecule has 0 aromatic heterocycles. The van der Waals surface area contributed by atoms with Gasteiger partial charge in [0.1, 0.15) is 6.61 Å². The molecule has 29 heavy (non-hydrogen) atoms. The Morgan fingerprint density at radius 3 is 2.34 bits per heavy atom. The first-order valence-electron chi connectivity index (χ1n) is 12.2. The number of ether oxygens (including phenoxy) is 1. The van der Waals surface area contributed by atoms with E-state index < -0.39 is 0 Å². The molecule has 0 bridgehead atoms. The van der Waals surface area contributed by atoms with Crippen molar-refractivity contribution in [3.63, 3.8) is 0 Å². The second kappa shape index (κ2) is 8.07. The minimum Gasteiger partial charge on any atom is -0.393 e. The summed E-state index contributed by atoms with van der Waals surface area (Å²) in [4.78, 5) is 10.7. The zero-order valence-electron chi connectivity index (χ0n) is 19.4. The highest BCUT2D eigenvalue weighted by atomic mass is 17.2. The first-order valence-corrected chi connectivity index (χ1v) is 12.2. The van der Waals surface area contributed by atoms with E-state index >= 15 is 0 Å². The standard InChI is InChI=1S/C25H44O4/c1-23(2,3)29-28-15-14-27-22-9-8-20-19-7-6-17-16-18(26)10-12-24(17,4)21(19)11-13-25(20,22)5/h17-22,26H,6-16H2,1-5H3/t17-,18-,19-,20-,21-,22+,24-,25-/m0/s1. The maximum Gasteiger partial charge on any atom is 0.106 e. The molecule has 168 valence electrons. The van der Waals surface area contributed by atoms with Gasteiger partial charge in [0.15, 0.2) is 0 Å². The summed E-state index contributed by atoms with van der Waals surface area (Å²) in [5, 5.41) is 10.2. The van der Waals surface area contributed by atoms with Gasteiger partial charge in [-0.3, -0.25) is 0 Å². The zero-order valence-corrected chi connectivity index (χ0v) is 19.4. The highest BCUT2D eigenvalue weighted by Gasteiger charge is 2.60. The molecule has 4 rings (SSSR count). The van der Waals surface area contributed by atoms with E-state index in [4.69, 9.17) is 14.5 Å². The molecule has 1 N–H and O–H groups in total. The predicted molar refractivity (Wildman–Crippen MR) is 114 cm³/mol. The second-order valence-corrected chi connectivity index (χ2v) is 12.1. The van der Waals surface area contributed by atoms with E-state index in [2.05, 4.69) is 13.8 Å². The smallest absolute Gasteiger partial charge is 0.106 e. The van der Waals surface area contributed by atoms with Crippen LogP contribution in [0.4, 0.5) is 0 Å². The number of hydrogen-bond donors (Lipinski definition) is 1. The lowest BCUT2D eigenvalue weighted by atomic mass is 9.45. The summed E-state index contributed by atoms with van der Waals surface area (Å²) in [6, 6.07) is 0. The molecule has 8 atom stereocenters. The molecule has 0 heterocycles. The first kappa shape index (κ1) is 22.0. The lowest BCUT2D eigenvalue weighted by molar-refractivity contribution is -0.352. The summed E-state index contributed by atoms with van der Waals surface area (Å²) in [7, 11) is 0. The largest absolute Gasteiger partial charge is 0.393 e. The quantitative estimate of drug-likeness (QED) is 0.369. The van der Waals surface area contributed by atoms with Crippen LogP contribution in [-0.4, -0.2) is 36.1 Å². The van der Waals surface area contributed by atoms with Gasteiger partial charge in [0.2, 0.25) is 0 Å². The molecule has 4 heteroatoms. The number of aliphatic hydroxyl groups excluding tert-OH is 1. The molecule has 0 saturated heterocycles. The maximum atomic E-state index is 10.2. The Morgan fingerprint density at radius 2 is 1.59 bits per heavy atom. The van der Waals surface area contributed by atoms with Gasteiger partial charge in [0, 0.05) is 0 Å². The molecule has 0 aliphatic heterocycles. The molecule has 0 radical (unpaired) electrons. The molecular formula is C25H44O4. The normalized spacial score (nSPS) is 47.4. The van der Waals surface area contributed by atoms with E-state index in [1.54, 1.807) is 0 Å². The van der Waals surface area contributed by atoms with Crippen molar-refractivity contribution >= 4 is 0 Å². The second-order valence-electron chi connectivity index (χ2n) is 12.1. The molecule has 0 unspecified atom stereocenters. The molecule has 4 aliphatic carbocycles. The van der Waals surface area contributed by atoms with Gasteiger partial charge in [-0.1, -0.05) is 13.8 Å². The van der Waals surface area contributed by atoms with Crippen LogP contribution in [0.5, 0.6) is 0 Å². The lowest BCUT2D eigenvalue weighted by Crippen LogP contribution is -2.54. The lowest BCUT2D eigenvalue weighted by Gasteiger charge is -2.60. The van der Waals surface area contributed by atoms with E-state index in [1.165, 1.54) is 44.9 Å². The fourth-order valence-corrected chi connectivity index (χ4v) is 7.90. The van der Waals surface area contributed by atoms with Crippen LogP contribution >= 0.6 is 0 Å². The van der Waals surface area contributed by atoms with Crippen LogP contribution in [0.15, 0.2) is 0 Å². The third kappa shape index (κ3) is 4.16. The van der Waals surface area contributed by atoms with Gasteiger partial charge in [0.05, 0.1) is 24.4 Å². The molecule has 0 aromatic rings. The van der Waals surface area contributed by atoms with Crippen molar-refractivity contribution in [1.29, 1.82) is 0 Å². The van der Waals surface area contributed by atoms with Gasteiger partial charge >= 0.3 is 0 Å². The first-order chi connectivity index (χ1) is 13.6. The summed E-state index contributed by atoms with van der Waals surface area (Å²) >= 11 is 0. The van der Waals surface area contributed by atoms with Crippen LogP contribution in [0.2, 0.25) is 0 Å².